The number of esters is 1. The van der Waals surface area contributed by atoms with E-state index in [2.05, 4.69) is 10.1 Å². The number of carbonyl (C=O) groups is 1. The van der Waals surface area contributed by atoms with Crippen LogP contribution in [0.5, 0.6) is 11.5 Å². The summed E-state index contributed by atoms with van der Waals surface area (Å²) < 4.78 is 64.9. The van der Waals surface area contributed by atoms with Crippen LogP contribution < -0.4 is 9.47 Å². The van der Waals surface area contributed by atoms with Gasteiger partial charge in [0, 0.05) is 23.1 Å². The van der Waals surface area contributed by atoms with Crippen LogP contribution in [0.25, 0.3) is 22.5 Å². The highest BCUT2D eigenvalue weighted by molar-refractivity contribution is 5.76. The van der Waals surface area contributed by atoms with Gasteiger partial charge in [0.05, 0.1) is 37.7 Å². The summed E-state index contributed by atoms with van der Waals surface area (Å²) in [5.41, 5.74) is 1.59. The summed E-state index contributed by atoms with van der Waals surface area (Å²) in [6, 6.07) is 14.6. The van der Waals surface area contributed by atoms with Crippen molar-refractivity contribution in [2.45, 2.75) is 63.3 Å². The van der Waals surface area contributed by atoms with Crippen molar-refractivity contribution < 1.29 is 41.8 Å². The topological polar surface area (TPSA) is 104 Å². The number of alkyl halides is 3. The third kappa shape index (κ3) is 6.01. The Morgan fingerprint density at radius 3 is 2.48 bits per heavy atom. The maximum atomic E-state index is 14.3. The first-order valence-electron chi connectivity index (χ1n) is 14.3. The number of nitrogens with zero attached hydrogens (tertiary/aromatic N) is 2. The van der Waals surface area contributed by atoms with Gasteiger partial charge >= 0.3 is 12.1 Å². The first-order chi connectivity index (χ1) is 20.9. The number of benzene rings is 3. The normalized spacial score (nSPS) is 17.6. The number of rotatable bonds is 8. The minimum absolute atomic E-state index is 0.108. The lowest BCUT2D eigenvalue weighted by atomic mass is 9.91. The number of hydrogen-bond donors (Lipinski definition) is 1. The van der Waals surface area contributed by atoms with E-state index >= 15 is 0 Å². The molecule has 2 heterocycles. The first kappa shape index (κ1) is 29.7. The second-order valence-corrected chi connectivity index (χ2v) is 11.8. The van der Waals surface area contributed by atoms with Crippen LogP contribution in [0.1, 0.15) is 66.9 Å². The van der Waals surface area contributed by atoms with Crippen molar-refractivity contribution in [3.05, 3.63) is 82.7 Å². The maximum absolute atomic E-state index is 14.3. The number of aliphatic hydroxyl groups is 1. The standard InChI is InChI=1S/C33H31F3N2O6/c1-32(2,40)16-28-37-31(38-44-28)19-6-4-18(5-7-19)30-24-11-13-26(23(24)10-12-25(30)33(34,35)36)43-21-8-9-22-20(14-29(39)41-3)17-42-27(22)15-21/h4-10,12,15,20,26,40H,11,13-14,16-17H2,1-3H3. The summed E-state index contributed by atoms with van der Waals surface area (Å²) in [7, 11) is 1.35. The van der Waals surface area contributed by atoms with Crippen molar-refractivity contribution in [3.63, 3.8) is 0 Å². The van der Waals surface area contributed by atoms with Gasteiger partial charge in [-0.25, -0.2) is 0 Å². The number of methoxy groups -OCH3 is 1. The molecule has 0 radical (unpaired) electrons. The number of ether oxygens (including phenoxy) is 3. The van der Waals surface area contributed by atoms with Crippen LogP contribution in [0.2, 0.25) is 0 Å². The predicted octanol–water partition coefficient (Wildman–Crippen LogP) is 6.84. The van der Waals surface area contributed by atoms with Gasteiger partial charge < -0.3 is 23.8 Å². The molecule has 1 aromatic heterocycles. The SMILES string of the molecule is COC(=O)CC1COc2cc(OC3CCc4c3ccc(C(F)(F)F)c4-c3ccc(-c4noc(CC(C)(C)O)n4)cc3)ccc21. The van der Waals surface area contributed by atoms with Crippen molar-refractivity contribution in [3.8, 4) is 34.0 Å². The molecule has 1 aliphatic carbocycles. The van der Waals surface area contributed by atoms with E-state index in [9.17, 15) is 23.1 Å². The van der Waals surface area contributed by atoms with Gasteiger partial charge in [0.25, 0.3) is 0 Å². The van der Waals surface area contributed by atoms with E-state index in [1.807, 2.05) is 6.07 Å². The third-order valence-electron chi connectivity index (χ3n) is 7.93. The molecule has 230 valence electrons. The Morgan fingerprint density at radius 1 is 1.05 bits per heavy atom. The van der Waals surface area contributed by atoms with E-state index in [4.69, 9.17) is 18.7 Å². The molecule has 0 saturated carbocycles. The third-order valence-corrected chi connectivity index (χ3v) is 7.93. The van der Waals surface area contributed by atoms with E-state index < -0.39 is 23.4 Å². The second kappa shape index (κ2) is 11.3. The average molecular weight is 609 g/mol. The van der Waals surface area contributed by atoms with Gasteiger partial charge in [-0.3, -0.25) is 4.79 Å². The first-order valence-corrected chi connectivity index (χ1v) is 14.3. The van der Waals surface area contributed by atoms with Crippen LogP contribution >= 0.6 is 0 Å². The zero-order chi connectivity index (χ0) is 31.2. The van der Waals surface area contributed by atoms with Gasteiger partial charge in [0.2, 0.25) is 11.7 Å². The molecule has 0 bridgehead atoms. The van der Waals surface area contributed by atoms with Gasteiger partial charge in [-0.2, -0.15) is 18.2 Å². The highest BCUT2D eigenvalue weighted by Gasteiger charge is 2.38. The molecular formula is C33H31F3N2O6. The van der Waals surface area contributed by atoms with E-state index in [1.165, 1.54) is 13.2 Å². The smallest absolute Gasteiger partial charge is 0.417 e. The summed E-state index contributed by atoms with van der Waals surface area (Å²) >= 11 is 0. The molecule has 11 heteroatoms. The summed E-state index contributed by atoms with van der Waals surface area (Å²) in [4.78, 5) is 16.1. The zero-order valence-corrected chi connectivity index (χ0v) is 24.4. The van der Waals surface area contributed by atoms with Crippen LogP contribution in [-0.2, 0) is 28.5 Å². The highest BCUT2D eigenvalue weighted by Crippen LogP contribution is 2.47. The second-order valence-electron chi connectivity index (χ2n) is 11.8. The molecular weight excluding hydrogens is 577 g/mol. The van der Waals surface area contributed by atoms with E-state index in [-0.39, 0.29) is 42.0 Å². The molecule has 1 N–H and O–H groups in total. The van der Waals surface area contributed by atoms with Crippen LogP contribution in [0.3, 0.4) is 0 Å². The molecule has 0 fully saturated rings. The van der Waals surface area contributed by atoms with Crippen molar-refractivity contribution in [2.75, 3.05) is 13.7 Å². The molecule has 0 spiro atoms. The fraction of sp³-hybridized carbons (Fsp3) is 0.364. The molecule has 2 unspecified atom stereocenters. The Morgan fingerprint density at radius 2 is 1.77 bits per heavy atom. The minimum atomic E-state index is -4.56. The fourth-order valence-corrected chi connectivity index (χ4v) is 5.90. The van der Waals surface area contributed by atoms with E-state index in [0.717, 1.165) is 11.6 Å². The number of aromatic nitrogens is 2. The molecule has 2 aliphatic rings. The van der Waals surface area contributed by atoms with Crippen molar-refractivity contribution in [2.24, 2.45) is 0 Å². The molecule has 6 rings (SSSR count). The molecule has 4 aromatic rings. The lowest BCUT2D eigenvalue weighted by Crippen LogP contribution is -2.21. The predicted molar refractivity (Wildman–Crippen MR) is 153 cm³/mol. The van der Waals surface area contributed by atoms with E-state index in [0.29, 0.717) is 53.2 Å². The van der Waals surface area contributed by atoms with Gasteiger partial charge in [-0.15, -0.1) is 0 Å². The van der Waals surface area contributed by atoms with Crippen LogP contribution in [0.15, 0.2) is 59.1 Å². The van der Waals surface area contributed by atoms with Crippen LogP contribution in [0.4, 0.5) is 13.2 Å². The van der Waals surface area contributed by atoms with Gasteiger partial charge in [-0.05, 0) is 61.1 Å². The minimum Gasteiger partial charge on any atom is -0.492 e. The molecule has 44 heavy (non-hydrogen) atoms. The number of halogens is 3. The Balaban J connectivity index is 1.27. The maximum Gasteiger partial charge on any atom is 0.417 e. The van der Waals surface area contributed by atoms with Crippen molar-refractivity contribution in [1.82, 2.24) is 10.1 Å². The summed E-state index contributed by atoms with van der Waals surface area (Å²) in [5.74, 6) is 1.28. The van der Waals surface area contributed by atoms with E-state index in [1.54, 1.807) is 50.2 Å². The summed E-state index contributed by atoms with van der Waals surface area (Å²) in [5, 5.41) is 14.0. The Kier molecular flexibility index (Phi) is 7.61. The summed E-state index contributed by atoms with van der Waals surface area (Å²) in [6.07, 6.45) is -3.69. The zero-order valence-electron chi connectivity index (χ0n) is 24.4. The Hall–Kier alpha value is -4.38. The largest absolute Gasteiger partial charge is 0.492 e. The van der Waals surface area contributed by atoms with Gasteiger partial charge in [-0.1, -0.05) is 41.6 Å². The number of carbonyl (C=O) groups excluding carboxylic acids is 1. The average Bonchev–Trinajstić information content (AvgIpc) is 3.70. The molecule has 3 aromatic carbocycles. The van der Waals surface area contributed by atoms with Crippen LogP contribution in [0, 0.1) is 0 Å². The highest BCUT2D eigenvalue weighted by atomic mass is 19.4. The summed E-state index contributed by atoms with van der Waals surface area (Å²) in [6.45, 7) is 3.61. The van der Waals surface area contributed by atoms with Gasteiger partial charge in [0.15, 0.2) is 0 Å². The Labute approximate surface area is 251 Å². The monoisotopic (exact) mass is 608 g/mol. The van der Waals surface area contributed by atoms with Crippen LogP contribution in [-0.4, -0.2) is 40.5 Å². The molecule has 8 nitrogen and oxygen atoms in total. The molecule has 0 amide bonds. The molecule has 2 atom stereocenters. The quantitative estimate of drug-likeness (QED) is 0.217. The lowest BCUT2D eigenvalue weighted by Gasteiger charge is -2.20. The van der Waals surface area contributed by atoms with Crippen molar-refractivity contribution >= 4 is 5.97 Å². The fourth-order valence-electron chi connectivity index (χ4n) is 5.90. The Bertz CT molecular complexity index is 1690. The molecule has 0 saturated heterocycles. The lowest BCUT2D eigenvalue weighted by molar-refractivity contribution is -0.141. The van der Waals surface area contributed by atoms with Crippen molar-refractivity contribution in [1.29, 1.82) is 0 Å². The number of fused-ring (bicyclic) bond motifs is 2. The number of hydrogen-bond acceptors (Lipinski definition) is 8. The van der Waals surface area contributed by atoms with Gasteiger partial charge in [0.1, 0.15) is 17.6 Å². The molecule has 1 aliphatic heterocycles.